The second-order valence-corrected chi connectivity index (χ2v) is 4.64. The molecule has 1 amide bonds. The molecule has 0 radical (unpaired) electrons. The molecule has 6 nitrogen and oxygen atoms in total. The second kappa shape index (κ2) is 7.47. The van der Waals surface area contributed by atoms with E-state index in [9.17, 15) is 9.59 Å². The maximum atomic E-state index is 11.9. The maximum Gasteiger partial charge on any atom is 0.410 e. The highest BCUT2D eigenvalue weighted by Gasteiger charge is 2.29. The first kappa shape index (κ1) is 15.9. The van der Waals surface area contributed by atoms with Crippen LogP contribution in [0.25, 0.3) is 0 Å². The number of esters is 1. The molecular formula is C14H20N2O4. The first-order valence-electron chi connectivity index (χ1n) is 6.36. The van der Waals surface area contributed by atoms with E-state index in [4.69, 9.17) is 9.47 Å². The highest BCUT2D eigenvalue weighted by molar-refractivity contribution is 5.81. The van der Waals surface area contributed by atoms with Crippen LogP contribution in [0, 0.1) is 0 Å². The van der Waals surface area contributed by atoms with E-state index in [0.29, 0.717) is 6.42 Å². The van der Waals surface area contributed by atoms with Crippen molar-refractivity contribution in [3.63, 3.8) is 0 Å². The number of carbonyl (C=O) groups is 2. The molecule has 1 atom stereocenters. The fourth-order valence-corrected chi connectivity index (χ4v) is 1.67. The summed E-state index contributed by atoms with van der Waals surface area (Å²) in [6.45, 7) is 3.50. The van der Waals surface area contributed by atoms with Crippen molar-refractivity contribution in [2.45, 2.75) is 32.4 Å². The minimum absolute atomic E-state index is 0.246. The number of hydrogen-bond acceptors (Lipinski definition) is 5. The number of rotatable bonds is 5. The van der Waals surface area contributed by atoms with Crippen LogP contribution in [0.4, 0.5) is 4.79 Å². The summed E-state index contributed by atoms with van der Waals surface area (Å²) < 4.78 is 9.85. The van der Waals surface area contributed by atoms with E-state index in [0.717, 1.165) is 5.56 Å². The molecule has 1 aromatic heterocycles. The zero-order chi connectivity index (χ0) is 15.1. The largest absolute Gasteiger partial charge is 0.467 e. The van der Waals surface area contributed by atoms with Gasteiger partial charge >= 0.3 is 12.1 Å². The van der Waals surface area contributed by atoms with Crippen molar-refractivity contribution < 1.29 is 19.1 Å². The minimum Gasteiger partial charge on any atom is -0.467 e. The van der Waals surface area contributed by atoms with Crippen LogP contribution in [-0.2, 0) is 20.7 Å². The van der Waals surface area contributed by atoms with Crippen LogP contribution in [-0.4, -0.2) is 48.2 Å². The molecule has 0 aliphatic heterocycles. The Balaban J connectivity index is 2.84. The van der Waals surface area contributed by atoms with E-state index in [2.05, 4.69) is 4.98 Å². The number of amides is 1. The molecule has 0 unspecified atom stereocenters. The number of pyridine rings is 1. The van der Waals surface area contributed by atoms with Gasteiger partial charge in [0.05, 0.1) is 13.2 Å². The molecule has 1 aromatic rings. The molecule has 0 aromatic carbocycles. The Labute approximate surface area is 118 Å². The van der Waals surface area contributed by atoms with Crippen LogP contribution >= 0.6 is 0 Å². The quantitative estimate of drug-likeness (QED) is 0.767. The second-order valence-electron chi connectivity index (χ2n) is 4.64. The molecule has 0 saturated heterocycles. The van der Waals surface area contributed by atoms with Crippen molar-refractivity contribution in [2.75, 3.05) is 14.2 Å². The van der Waals surface area contributed by atoms with E-state index in [1.54, 1.807) is 38.4 Å². The molecule has 20 heavy (non-hydrogen) atoms. The Bertz CT molecular complexity index is 448. The van der Waals surface area contributed by atoms with E-state index in [1.807, 2.05) is 0 Å². The zero-order valence-electron chi connectivity index (χ0n) is 12.2. The fourth-order valence-electron chi connectivity index (χ4n) is 1.67. The summed E-state index contributed by atoms with van der Waals surface area (Å²) in [4.78, 5) is 28.9. The molecule has 110 valence electrons. The van der Waals surface area contributed by atoms with Gasteiger partial charge in [-0.1, -0.05) is 0 Å². The topological polar surface area (TPSA) is 68.7 Å². The number of nitrogens with zero attached hydrogens (tertiary/aromatic N) is 2. The van der Waals surface area contributed by atoms with Crippen LogP contribution in [0.5, 0.6) is 0 Å². The summed E-state index contributed by atoms with van der Waals surface area (Å²) in [5.74, 6) is -0.481. The van der Waals surface area contributed by atoms with Gasteiger partial charge in [-0.3, -0.25) is 9.88 Å². The Hall–Kier alpha value is -2.11. The molecule has 0 bridgehead atoms. The predicted octanol–water partition coefficient (Wildman–Crippen LogP) is 1.64. The minimum atomic E-state index is -0.728. The lowest BCUT2D eigenvalue weighted by Gasteiger charge is -2.26. The van der Waals surface area contributed by atoms with Gasteiger partial charge in [0, 0.05) is 25.9 Å². The standard InChI is InChI=1S/C14H20N2O4/c1-10(2)20-14(18)16(3)12(13(17)19-4)9-11-5-7-15-8-6-11/h5-8,10,12H,9H2,1-4H3/t12-/m0/s1. The number of aromatic nitrogens is 1. The number of ether oxygens (including phenoxy) is 2. The normalized spacial score (nSPS) is 11.8. The van der Waals surface area contributed by atoms with Crippen molar-refractivity contribution in [2.24, 2.45) is 0 Å². The van der Waals surface area contributed by atoms with Gasteiger partial charge in [0.2, 0.25) is 0 Å². The van der Waals surface area contributed by atoms with Gasteiger partial charge in [0.1, 0.15) is 6.04 Å². The number of carbonyl (C=O) groups excluding carboxylic acids is 2. The average molecular weight is 280 g/mol. The lowest BCUT2D eigenvalue weighted by molar-refractivity contribution is -0.146. The highest BCUT2D eigenvalue weighted by Crippen LogP contribution is 2.10. The van der Waals surface area contributed by atoms with Gasteiger partial charge < -0.3 is 9.47 Å². The van der Waals surface area contributed by atoms with Gasteiger partial charge in [-0.2, -0.15) is 0 Å². The maximum absolute atomic E-state index is 11.9. The van der Waals surface area contributed by atoms with Gasteiger partial charge in [-0.15, -0.1) is 0 Å². The first-order valence-corrected chi connectivity index (χ1v) is 6.36. The molecule has 0 spiro atoms. The molecule has 0 aliphatic carbocycles. The summed E-state index contributed by atoms with van der Waals surface area (Å²) >= 11 is 0. The van der Waals surface area contributed by atoms with Crippen molar-refractivity contribution >= 4 is 12.1 Å². The SMILES string of the molecule is COC(=O)[C@H](Cc1ccncc1)N(C)C(=O)OC(C)C. The van der Waals surface area contributed by atoms with Crippen LogP contribution in [0.3, 0.4) is 0 Å². The highest BCUT2D eigenvalue weighted by atomic mass is 16.6. The van der Waals surface area contributed by atoms with Crippen LogP contribution in [0.1, 0.15) is 19.4 Å². The average Bonchev–Trinajstić information content (AvgIpc) is 2.43. The van der Waals surface area contributed by atoms with Gasteiger partial charge in [0.25, 0.3) is 0 Å². The first-order chi connectivity index (χ1) is 9.45. The number of likely N-dealkylation sites (N-methyl/N-ethyl adjacent to an activating group) is 1. The summed E-state index contributed by atoms with van der Waals surface area (Å²) in [5, 5.41) is 0. The molecule has 0 fully saturated rings. The Kier molecular flexibility index (Phi) is 5.96. The molecule has 1 rings (SSSR count). The lowest BCUT2D eigenvalue weighted by Crippen LogP contribution is -2.45. The molecular weight excluding hydrogens is 260 g/mol. The smallest absolute Gasteiger partial charge is 0.410 e. The van der Waals surface area contributed by atoms with E-state index in [1.165, 1.54) is 19.1 Å². The predicted molar refractivity (Wildman–Crippen MR) is 73.1 cm³/mol. The van der Waals surface area contributed by atoms with Crippen LogP contribution in [0.2, 0.25) is 0 Å². The molecule has 1 heterocycles. The summed E-state index contributed by atoms with van der Waals surface area (Å²) in [6, 6.07) is 2.85. The summed E-state index contributed by atoms with van der Waals surface area (Å²) in [6.07, 6.45) is 2.82. The summed E-state index contributed by atoms with van der Waals surface area (Å²) in [7, 11) is 2.82. The van der Waals surface area contributed by atoms with Gasteiger partial charge in [-0.25, -0.2) is 9.59 Å². The van der Waals surface area contributed by atoms with Gasteiger partial charge in [0.15, 0.2) is 0 Å². The third-order valence-corrected chi connectivity index (χ3v) is 2.74. The lowest BCUT2D eigenvalue weighted by atomic mass is 10.1. The molecule has 0 N–H and O–H groups in total. The van der Waals surface area contributed by atoms with Crippen molar-refractivity contribution in [1.29, 1.82) is 0 Å². The van der Waals surface area contributed by atoms with E-state index >= 15 is 0 Å². The van der Waals surface area contributed by atoms with E-state index in [-0.39, 0.29) is 6.10 Å². The molecule has 6 heteroatoms. The number of methoxy groups -OCH3 is 1. The third-order valence-electron chi connectivity index (χ3n) is 2.74. The van der Waals surface area contributed by atoms with E-state index < -0.39 is 18.1 Å². The monoisotopic (exact) mass is 280 g/mol. The van der Waals surface area contributed by atoms with Crippen molar-refractivity contribution in [3.05, 3.63) is 30.1 Å². The fraction of sp³-hybridized carbons (Fsp3) is 0.500. The van der Waals surface area contributed by atoms with Crippen LogP contribution < -0.4 is 0 Å². The number of hydrogen-bond donors (Lipinski definition) is 0. The Morgan fingerprint density at radius 1 is 1.30 bits per heavy atom. The van der Waals surface area contributed by atoms with Gasteiger partial charge in [-0.05, 0) is 31.5 Å². The molecule has 0 saturated carbocycles. The summed E-state index contributed by atoms with van der Waals surface area (Å²) in [5.41, 5.74) is 0.889. The van der Waals surface area contributed by atoms with Crippen molar-refractivity contribution in [3.8, 4) is 0 Å². The molecule has 0 aliphatic rings. The van der Waals surface area contributed by atoms with Crippen molar-refractivity contribution in [1.82, 2.24) is 9.88 Å². The Morgan fingerprint density at radius 3 is 2.40 bits per heavy atom. The third kappa shape index (κ3) is 4.53. The van der Waals surface area contributed by atoms with Crippen LogP contribution in [0.15, 0.2) is 24.5 Å². The zero-order valence-corrected chi connectivity index (χ0v) is 12.2. The Morgan fingerprint density at radius 2 is 1.90 bits per heavy atom.